The minimum atomic E-state index is -3.12. The first-order chi connectivity index (χ1) is 13.7. The smallest absolute Gasteiger partial charge is 0.171 e. The van der Waals surface area contributed by atoms with Crippen LogP contribution < -0.4 is 10.6 Å². The summed E-state index contributed by atoms with van der Waals surface area (Å²) in [7, 11) is -3.12. The average molecular weight is 431 g/mol. The lowest BCUT2D eigenvalue weighted by Gasteiger charge is -2.33. The van der Waals surface area contributed by atoms with Crippen LogP contribution >= 0.6 is 30.7 Å². The van der Waals surface area contributed by atoms with Crippen molar-refractivity contribution < 1.29 is 9.67 Å². The van der Waals surface area contributed by atoms with Crippen LogP contribution in [0.15, 0.2) is 70.2 Å². The van der Waals surface area contributed by atoms with E-state index < -0.39 is 13.2 Å². The van der Waals surface area contributed by atoms with E-state index in [0.29, 0.717) is 0 Å². The summed E-state index contributed by atoms with van der Waals surface area (Å²) in [5.41, 5.74) is 0. The Morgan fingerprint density at radius 3 is 1.86 bits per heavy atom. The van der Waals surface area contributed by atoms with E-state index in [2.05, 4.69) is 0 Å². The van der Waals surface area contributed by atoms with Crippen LogP contribution in [0.3, 0.4) is 0 Å². The van der Waals surface area contributed by atoms with Gasteiger partial charge in [0.15, 0.2) is 7.14 Å². The highest BCUT2D eigenvalue weighted by Crippen LogP contribution is 2.60. The fraction of sp³-hybridized carbons (Fsp3) is 0.391. The van der Waals surface area contributed by atoms with Gasteiger partial charge in [-0.1, -0.05) is 79.9 Å². The zero-order valence-electron chi connectivity index (χ0n) is 16.0. The highest BCUT2D eigenvalue weighted by molar-refractivity contribution is 8.25. The van der Waals surface area contributed by atoms with Crippen LogP contribution in [-0.2, 0) is 4.57 Å². The second kappa shape index (κ2) is 9.26. The summed E-state index contributed by atoms with van der Waals surface area (Å²) in [6, 6.07) is 19.6. The predicted octanol–water partition coefficient (Wildman–Crippen LogP) is 5.59. The number of hydrogen-bond donors (Lipinski definition) is 1. The van der Waals surface area contributed by atoms with Gasteiger partial charge in [-0.3, -0.25) is 0 Å². The maximum atomic E-state index is 14.9. The van der Waals surface area contributed by atoms with E-state index in [1.165, 1.54) is 6.42 Å². The van der Waals surface area contributed by atoms with Crippen LogP contribution in [0.2, 0.25) is 0 Å². The number of benzene rings is 2. The molecule has 0 spiro atoms. The van der Waals surface area contributed by atoms with Gasteiger partial charge < -0.3 is 9.67 Å². The lowest BCUT2D eigenvalue weighted by atomic mass is 9.85. The molecule has 0 aromatic heterocycles. The van der Waals surface area contributed by atoms with Crippen molar-refractivity contribution in [2.24, 2.45) is 5.92 Å². The summed E-state index contributed by atoms with van der Waals surface area (Å²) in [6.45, 7) is 0. The summed E-state index contributed by atoms with van der Waals surface area (Å²) in [4.78, 5) is 0. The van der Waals surface area contributed by atoms with Crippen molar-refractivity contribution in [3.63, 3.8) is 0 Å². The summed E-state index contributed by atoms with van der Waals surface area (Å²) < 4.78 is 16.0. The summed E-state index contributed by atoms with van der Waals surface area (Å²) >= 11 is 3.54. The lowest BCUT2D eigenvalue weighted by Crippen LogP contribution is -2.30. The molecule has 2 fully saturated rings. The summed E-state index contributed by atoms with van der Waals surface area (Å²) in [5, 5.41) is 14.0. The van der Waals surface area contributed by atoms with Crippen molar-refractivity contribution >= 4 is 41.3 Å². The third-order valence-electron chi connectivity index (χ3n) is 5.71. The van der Waals surface area contributed by atoms with Crippen LogP contribution in [-0.4, -0.2) is 22.7 Å². The molecule has 5 heteroatoms. The Morgan fingerprint density at radius 2 is 1.36 bits per heavy atom. The number of aliphatic hydroxyl groups is 1. The van der Waals surface area contributed by atoms with Gasteiger partial charge in [0.2, 0.25) is 0 Å². The van der Waals surface area contributed by atoms with E-state index in [0.717, 1.165) is 57.3 Å². The Balaban J connectivity index is 1.90. The molecule has 1 N–H and O–H groups in total. The molecule has 4 rings (SSSR count). The molecule has 2 nitrogen and oxygen atoms in total. The van der Waals surface area contributed by atoms with Crippen molar-refractivity contribution in [2.45, 2.75) is 38.2 Å². The minimum Gasteiger partial charge on any atom is -0.388 e. The molecule has 0 amide bonds. The van der Waals surface area contributed by atoms with Crippen LogP contribution in [0, 0.1) is 5.92 Å². The molecule has 1 aliphatic carbocycles. The second-order valence-corrected chi connectivity index (χ2v) is 12.7. The second-order valence-electron chi connectivity index (χ2n) is 7.49. The molecule has 0 radical (unpaired) electrons. The molecule has 1 saturated heterocycles. The van der Waals surface area contributed by atoms with Crippen molar-refractivity contribution in [3.8, 4) is 0 Å². The minimum absolute atomic E-state index is 0.207. The third-order valence-corrected chi connectivity index (χ3v) is 12.0. The monoisotopic (exact) mass is 430 g/mol. The Kier molecular flexibility index (Phi) is 6.73. The van der Waals surface area contributed by atoms with Crippen molar-refractivity contribution in [2.75, 3.05) is 11.5 Å². The van der Waals surface area contributed by atoms with Crippen molar-refractivity contribution in [3.05, 3.63) is 70.2 Å². The molecule has 2 aromatic rings. The van der Waals surface area contributed by atoms with E-state index in [1.54, 1.807) is 23.5 Å². The Bertz CT molecular complexity index is 809. The maximum Gasteiger partial charge on any atom is 0.171 e. The highest BCUT2D eigenvalue weighted by Gasteiger charge is 2.41. The average Bonchev–Trinajstić information content (AvgIpc) is 3.29. The van der Waals surface area contributed by atoms with E-state index >= 15 is 0 Å². The molecular formula is C23H27O2PS2. The van der Waals surface area contributed by atoms with Gasteiger partial charge in [0.1, 0.15) is 0 Å². The first kappa shape index (κ1) is 20.3. The Morgan fingerprint density at radius 1 is 0.857 bits per heavy atom. The molecular weight excluding hydrogens is 403 g/mol. The van der Waals surface area contributed by atoms with Gasteiger partial charge in [-0.25, -0.2) is 0 Å². The van der Waals surface area contributed by atoms with Crippen LogP contribution in [0.25, 0.3) is 0 Å². The Hall–Kier alpha value is -0.930. The zero-order valence-corrected chi connectivity index (χ0v) is 18.5. The van der Waals surface area contributed by atoms with E-state index in [9.17, 15) is 9.67 Å². The van der Waals surface area contributed by atoms with Gasteiger partial charge in [-0.2, -0.15) is 0 Å². The van der Waals surface area contributed by atoms with E-state index in [4.69, 9.17) is 0 Å². The summed E-state index contributed by atoms with van der Waals surface area (Å²) in [5.74, 6) is 2.24. The molecule has 1 heterocycles. The zero-order chi connectivity index (χ0) is 19.4. The van der Waals surface area contributed by atoms with Gasteiger partial charge in [0.25, 0.3) is 0 Å². The van der Waals surface area contributed by atoms with Gasteiger partial charge in [0.05, 0.1) is 10.3 Å². The van der Waals surface area contributed by atoms with E-state index in [-0.39, 0.29) is 5.92 Å². The number of aliphatic hydroxyl groups excluding tert-OH is 1. The van der Waals surface area contributed by atoms with Gasteiger partial charge in [0, 0.05) is 27.4 Å². The largest absolute Gasteiger partial charge is 0.388 e. The number of rotatable bonds is 5. The fourth-order valence-corrected chi connectivity index (χ4v) is 10.7. The highest BCUT2D eigenvalue weighted by atomic mass is 32.2. The first-order valence-electron chi connectivity index (χ1n) is 10.1. The topological polar surface area (TPSA) is 37.3 Å². The SMILES string of the molecule is O=P(C(=C1SCCS1)C(O)C1CCCCC1)(c1ccccc1)c1ccccc1. The van der Waals surface area contributed by atoms with Crippen LogP contribution in [0.5, 0.6) is 0 Å². The molecule has 1 saturated carbocycles. The predicted molar refractivity (Wildman–Crippen MR) is 124 cm³/mol. The van der Waals surface area contributed by atoms with Gasteiger partial charge in [-0.15, -0.1) is 23.5 Å². The molecule has 28 heavy (non-hydrogen) atoms. The standard InChI is InChI=1S/C23H27O2PS2/c24-21(18-10-4-1-5-11-18)22(23-27-16-17-28-23)26(25,19-12-6-2-7-13-19)20-14-8-3-9-15-20/h2-3,6-9,12-15,18,21,24H,1,4-5,10-11,16-17H2. The summed E-state index contributed by atoms with van der Waals surface area (Å²) in [6.07, 6.45) is 4.97. The molecule has 1 atom stereocenters. The third kappa shape index (κ3) is 4.03. The normalized spacial score (nSPS) is 19.5. The number of hydrogen-bond acceptors (Lipinski definition) is 4. The Labute approximate surface area is 176 Å². The fourth-order valence-electron chi connectivity index (χ4n) is 4.27. The van der Waals surface area contributed by atoms with Crippen molar-refractivity contribution in [1.82, 2.24) is 0 Å². The van der Waals surface area contributed by atoms with Crippen LogP contribution in [0.1, 0.15) is 32.1 Å². The van der Waals surface area contributed by atoms with Crippen LogP contribution in [0.4, 0.5) is 0 Å². The quantitative estimate of drug-likeness (QED) is 0.628. The molecule has 1 aliphatic heterocycles. The van der Waals surface area contributed by atoms with Gasteiger partial charge in [-0.05, 0) is 18.8 Å². The molecule has 2 aliphatic rings. The maximum absolute atomic E-state index is 14.9. The van der Waals surface area contributed by atoms with Gasteiger partial charge >= 0.3 is 0 Å². The first-order valence-corrected chi connectivity index (χ1v) is 13.8. The van der Waals surface area contributed by atoms with E-state index in [1.807, 2.05) is 60.7 Å². The molecule has 148 valence electrons. The molecule has 2 aromatic carbocycles. The number of thioether (sulfide) groups is 2. The lowest BCUT2D eigenvalue weighted by molar-refractivity contribution is 0.121. The van der Waals surface area contributed by atoms with Crippen molar-refractivity contribution in [1.29, 1.82) is 0 Å². The molecule has 1 unspecified atom stereocenters. The molecule has 0 bridgehead atoms.